The zero-order chi connectivity index (χ0) is 20.8. The molecule has 30 heavy (non-hydrogen) atoms. The Morgan fingerprint density at radius 1 is 1.20 bits per heavy atom. The van der Waals surface area contributed by atoms with E-state index in [4.69, 9.17) is 0 Å². The zero-order valence-electron chi connectivity index (χ0n) is 17.5. The summed E-state index contributed by atoms with van der Waals surface area (Å²) < 4.78 is 0.909. The van der Waals surface area contributed by atoms with Crippen molar-refractivity contribution in [2.45, 2.75) is 44.2 Å². The first-order chi connectivity index (χ1) is 14.4. The molecule has 0 amide bonds. The fraction of sp³-hybridized carbons (Fsp3) is 0.417. The van der Waals surface area contributed by atoms with Gasteiger partial charge in [0.15, 0.2) is 5.78 Å². The molecule has 2 bridgehead atoms. The zero-order valence-corrected chi connectivity index (χ0v) is 18.3. The van der Waals surface area contributed by atoms with Crippen LogP contribution in [-0.4, -0.2) is 47.9 Å². The summed E-state index contributed by atoms with van der Waals surface area (Å²) >= 11 is 1.41. The molecular weight excluding hydrogens is 392 g/mol. The number of hydrogen-bond donors (Lipinski definition) is 1. The van der Waals surface area contributed by atoms with Gasteiger partial charge < -0.3 is 14.8 Å². The molecule has 2 aliphatic heterocycles. The smallest absolute Gasteiger partial charge is 0.196 e. The monoisotopic (exact) mass is 416 g/mol. The van der Waals surface area contributed by atoms with Gasteiger partial charge in [-0.2, -0.15) is 5.26 Å². The number of nitrogens with zero attached hydrogens (tertiary/aromatic N) is 3. The average Bonchev–Trinajstić information content (AvgIpc) is 3.35. The van der Waals surface area contributed by atoms with Crippen LogP contribution in [0.5, 0.6) is 0 Å². The van der Waals surface area contributed by atoms with Gasteiger partial charge in [0.2, 0.25) is 0 Å². The maximum absolute atomic E-state index is 13.5. The quantitative estimate of drug-likeness (QED) is 0.644. The largest absolute Gasteiger partial charge is 0.363 e. The molecular formula is C24H24N4OS. The van der Waals surface area contributed by atoms with E-state index >= 15 is 0 Å². The third-order valence-corrected chi connectivity index (χ3v) is 8.37. The lowest BCUT2D eigenvalue weighted by atomic mass is 9.71. The topological polar surface area (TPSA) is 63.1 Å². The molecule has 6 heteroatoms. The molecule has 2 unspecified atom stereocenters. The first kappa shape index (κ1) is 18.2. The number of likely N-dealkylation sites (tertiary alicyclic amines) is 1. The number of aromatic nitrogens is 1. The average molecular weight is 417 g/mol. The van der Waals surface area contributed by atoms with Crippen molar-refractivity contribution in [3.8, 4) is 6.07 Å². The number of thiophene rings is 1. The molecule has 0 radical (unpaired) electrons. The lowest BCUT2D eigenvalue weighted by Gasteiger charge is -2.42. The van der Waals surface area contributed by atoms with Crippen LogP contribution in [0.4, 0.5) is 5.69 Å². The van der Waals surface area contributed by atoms with Gasteiger partial charge in [0.25, 0.3) is 0 Å². The molecule has 4 heterocycles. The van der Waals surface area contributed by atoms with Crippen LogP contribution in [0, 0.1) is 11.3 Å². The van der Waals surface area contributed by atoms with Gasteiger partial charge in [0, 0.05) is 47.5 Å². The minimum absolute atomic E-state index is 0.0739. The van der Waals surface area contributed by atoms with Gasteiger partial charge in [-0.1, -0.05) is 13.8 Å². The minimum Gasteiger partial charge on any atom is -0.363 e. The van der Waals surface area contributed by atoms with Crippen molar-refractivity contribution in [3.05, 3.63) is 51.5 Å². The number of anilines is 1. The van der Waals surface area contributed by atoms with Crippen molar-refractivity contribution in [1.29, 1.82) is 5.26 Å². The number of nitriles is 1. The number of fused-ring (bicyclic) bond motifs is 6. The van der Waals surface area contributed by atoms with Crippen molar-refractivity contribution < 1.29 is 4.79 Å². The molecule has 1 N–H and O–H groups in total. The van der Waals surface area contributed by atoms with E-state index in [9.17, 15) is 10.1 Å². The second-order valence-electron chi connectivity index (χ2n) is 9.54. The van der Waals surface area contributed by atoms with Crippen LogP contribution >= 0.6 is 11.3 Å². The normalized spacial score (nSPS) is 24.7. The number of likely N-dealkylation sites (N-methyl/N-ethyl adjacent to an activating group) is 1. The molecule has 1 aliphatic carbocycles. The highest BCUT2D eigenvalue weighted by molar-refractivity contribution is 7.20. The molecule has 2 fully saturated rings. The summed E-state index contributed by atoms with van der Waals surface area (Å²) in [5.74, 6) is 0.0739. The molecule has 0 saturated carbocycles. The molecule has 6 rings (SSSR count). The summed E-state index contributed by atoms with van der Waals surface area (Å²) in [5, 5.41) is 9.26. The predicted molar refractivity (Wildman–Crippen MR) is 120 cm³/mol. The first-order valence-electron chi connectivity index (χ1n) is 10.6. The summed E-state index contributed by atoms with van der Waals surface area (Å²) in [7, 11) is 2.22. The number of H-pyrrole nitrogens is 1. The molecule has 2 atom stereocenters. The number of carbonyl (C=O) groups is 1. The van der Waals surface area contributed by atoms with E-state index in [1.165, 1.54) is 29.9 Å². The number of benzene rings is 1. The Labute approximate surface area is 179 Å². The van der Waals surface area contributed by atoms with Gasteiger partial charge in [0.1, 0.15) is 10.9 Å². The Hall–Kier alpha value is -2.62. The van der Waals surface area contributed by atoms with Crippen LogP contribution in [-0.2, 0) is 5.41 Å². The van der Waals surface area contributed by atoms with Crippen molar-refractivity contribution in [3.63, 3.8) is 0 Å². The number of aromatic amines is 1. The number of carbonyl (C=O) groups excluding carboxylic acids is 1. The Morgan fingerprint density at radius 2 is 1.93 bits per heavy atom. The number of ketones is 1. The van der Waals surface area contributed by atoms with Crippen LogP contribution in [0.15, 0.2) is 24.3 Å². The first-order valence-corrected chi connectivity index (χ1v) is 11.4. The Kier molecular flexibility index (Phi) is 3.61. The van der Waals surface area contributed by atoms with E-state index in [0.717, 1.165) is 45.7 Å². The number of piperazine rings is 1. The maximum Gasteiger partial charge on any atom is 0.196 e. The molecule has 3 aromatic rings. The maximum atomic E-state index is 13.5. The summed E-state index contributed by atoms with van der Waals surface area (Å²) in [6.07, 6.45) is 2.49. The van der Waals surface area contributed by atoms with E-state index < -0.39 is 0 Å². The van der Waals surface area contributed by atoms with Crippen LogP contribution < -0.4 is 4.90 Å². The van der Waals surface area contributed by atoms with E-state index in [1.807, 2.05) is 12.1 Å². The molecule has 5 nitrogen and oxygen atoms in total. The second-order valence-corrected chi connectivity index (χ2v) is 10.6. The summed E-state index contributed by atoms with van der Waals surface area (Å²) in [5.41, 5.74) is 5.47. The van der Waals surface area contributed by atoms with Gasteiger partial charge in [-0.3, -0.25) is 4.79 Å². The highest BCUT2D eigenvalue weighted by Gasteiger charge is 2.43. The number of nitrogens with one attached hydrogen (secondary N) is 1. The SMILES string of the molecule is CN1CC2CCC(C1)N2c1ccc2c(c1)C(C)(C)c1[nH]c3cc(C#N)sc3c1C2=O. The van der Waals surface area contributed by atoms with Crippen LogP contribution in [0.2, 0.25) is 0 Å². The highest BCUT2D eigenvalue weighted by Crippen LogP contribution is 2.47. The van der Waals surface area contributed by atoms with Crippen molar-refractivity contribution in [1.82, 2.24) is 9.88 Å². The van der Waals surface area contributed by atoms with Gasteiger partial charge in [-0.05, 0) is 49.7 Å². The van der Waals surface area contributed by atoms with E-state index in [2.05, 4.69) is 53.9 Å². The molecule has 152 valence electrons. The standard InChI is InChI=1S/C24H24N4OS/c1-24(2)18-8-13(28-14-4-5-15(28)12-27(3)11-14)6-7-17(18)21(29)20-22-19(26-23(20)24)9-16(10-25)30-22/h6-9,14-15,26H,4-5,11-12H2,1-3H3. The third kappa shape index (κ3) is 2.28. The van der Waals surface area contributed by atoms with E-state index in [-0.39, 0.29) is 11.2 Å². The fourth-order valence-corrected chi connectivity index (χ4v) is 6.89. The van der Waals surface area contributed by atoms with Crippen LogP contribution in [0.1, 0.15) is 58.7 Å². The lowest BCUT2D eigenvalue weighted by Crippen LogP contribution is -2.52. The summed E-state index contributed by atoms with van der Waals surface area (Å²) in [6, 6.07) is 11.6. The molecule has 0 spiro atoms. The fourth-order valence-electron chi connectivity index (χ4n) is 5.93. The Balaban J connectivity index is 1.49. The van der Waals surface area contributed by atoms with Crippen LogP contribution in [0.3, 0.4) is 0 Å². The number of rotatable bonds is 1. The van der Waals surface area contributed by atoms with Crippen molar-refractivity contribution >= 4 is 33.0 Å². The Morgan fingerprint density at radius 3 is 2.63 bits per heavy atom. The summed E-state index contributed by atoms with van der Waals surface area (Å²) in [4.78, 5) is 22.7. The van der Waals surface area contributed by atoms with Gasteiger partial charge in [-0.25, -0.2) is 0 Å². The third-order valence-electron chi connectivity index (χ3n) is 7.32. The Bertz CT molecular complexity index is 1250. The van der Waals surface area contributed by atoms with Gasteiger partial charge >= 0.3 is 0 Å². The summed E-state index contributed by atoms with van der Waals surface area (Å²) in [6.45, 7) is 6.61. The van der Waals surface area contributed by atoms with Gasteiger partial charge in [0.05, 0.1) is 15.8 Å². The lowest BCUT2D eigenvalue weighted by molar-refractivity contribution is 0.103. The van der Waals surface area contributed by atoms with Crippen molar-refractivity contribution in [2.75, 3.05) is 25.0 Å². The molecule has 2 aromatic heterocycles. The van der Waals surface area contributed by atoms with E-state index in [0.29, 0.717) is 17.0 Å². The minimum atomic E-state index is -0.300. The van der Waals surface area contributed by atoms with Crippen molar-refractivity contribution in [2.24, 2.45) is 0 Å². The van der Waals surface area contributed by atoms with Gasteiger partial charge in [-0.15, -0.1) is 11.3 Å². The molecule has 2 saturated heterocycles. The van der Waals surface area contributed by atoms with E-state index in [1.54, 1.807) is 0 Å². The molecule has 3 aliphatic rings. The highest BCUT2D eigenvalue weighted by atomic mass is 32.1. The number of hydrogen-bond acceptors (Lipinski definition) is 5. The van der Waals surface area contributed by atoms with Crippen LogP contribution in [0.25, 0.3) is 10.2 Å². The second kappa shape index (κ2) is 5.96. The molecule has 1 aromatic carbocycles. The predicted octanol–water partition coefficient (Wildman–Crippen LogP) is 4.25.